The van der Waals surface area contributed by atoms with E-state index in [0.29, 0.717) is 17.2 Å². The Bertz CT molecular complexity index is 1470. The van der Waals surface area contributed by atoms with Crippen molar-refractivity contribution in [3.05, 3.63) is 47.7 Å². The molecule has 2 aliphatic rings. The van der Waals surface area contributed by atoms with Crippen LogP contribution in [0.5, 0.6) is 11.5 Å². The fraction of sp³-hybridized carbons (Fsp3) is 0.393. The highest BCUT2D eigenvalue weighted by molar-refractivity contribution is 5.93. The van der Waals surface area contributed by atoms with Crippen LogP contribution in [0.4, 0.5) is 0 Å². The third-order valence-corrected chi connectivity index (χ3v) is 6.96. The monoisotopic (exact) mass is 504 g/mol. The quantitative estimate of drug-likeness (QED) is 0.392. The molecule has 3 aromatic heterocycles. The molecule has 4 heterocycles. The highest BCUT2D eigenvalue weighted by Crippen LogP contribution is 2.40. The molecule has 0 radical (unpaired) electrons. The number of aryl methyl sites for hydroxylation is 1. The number of nitrogens with zero attached hydrogens (tertiary/aromatic N) is 3. The lowest BCUT2D eigenvalue weighted by Crippen LogP contribution is -2.12. The van der Waals surface area contributed by atoms with Crippen molar-refractivity contribution in [3.8, 4) is 22.9 Å². The van der Waals surface area contributed by atoms with Crippen molar-refractivity contribution in [2.24, 2.45) is 5.92 Å². The number of rotatable bonds is 6. The molecule has 9 nitrogen and oxygen atoms in total. The van der Waals surface area contributed by atoms with E-state index in [-0.39, 0.29) is 5.91 Å². The van der Waals surface area contributed by atoms with Gasteiger partial charge in [0.1, 0.15) is 22.7 Å². The molecule has 194 valence electrons. The van der Waals surface area contributed by atoms with Crippen molar-refractivity contribution in [3.63, 3.8) is 0 Å². The number of fused-ring (bicyclic) bond motifs is 2. The summed E-state index contributed by atoms with van der Waals surface area (Å²) in [6.07, 6.45) is 5.94. The molecular weight excluding hydrogens is 472 g/mol. The summed E-state index contributed by atoms with van der Waals surface area (Å²) in [7, 11) is 4.66. The zero-order valence-corrected chi connectivity index (χ0v) is 21.7. The van der Waals surface area contributed by atoms with Crippen LogP contribution in [0.1, 0.15) is 41.6 Å². The lowest BCUT2D eigenvalue weighted by molar-refractivity contribution is -0.119. The van der Waals surface area contributed by atoms with Crippen molar-refractivity contribution < 1.29 is 23.8 Å². The molecule has 0 unspecified atom stereocenters. The summed E-state index contributed by atoms with van der Waals surface area (Å²) in [5.41, 5.74) is 5.20. The standard InChI is InChI=1S/C24H25N3O4.C4H7NO/c1-14-21(25-27-13-17(24(28)31-4)11-20(30-3)22(14)27)18-10-16-6-5-7-19(29-2)23(16)26(18)12-15-8-9-15;6-4-2-1-3-5-4/h5-7,10-11,13,15H,8-9,12H2,1-4H3;1-3H2,(H,5,6). The second-order valence-corrected chi connectivity index (χ2v) is 9.49. The lowest BCUT2D eigenvalue weighted by Gasteiger charge is -2.12. The summed E-state index contributed by atoms with van der Waals surface area (Å²) in [4.78, 5) is 22.3. The van der Waals surface area contributed by atoms with Crippen LogP contribution in [0.2, 0.25) is 0 Å². The number of benzene rings is 1. The fourth-order valence-corrected chi connectivity index (χ4v) is 4.88. The number of pyridine rings is 1. The van der Waals surface area contributed by atoms with E-state index >= 15 is 0 Å². The van der Waals surface area contributed by atoms with Crippen LogP contribution in [0, 0.1) is 12.8 Å². The number of hydrogen-bond acceptors (Lipinski definition) is 6. The van der Waals surface area contributed by atoms with Gasteiger partial charge in [-0.1, -0.05) is 12.1 Å². The number of aromatic nitrogens is 3. The molecular formula is C28H32N4O5. The van der Waals surface area contributed by atoms with Gasteiger partial charge in [-0.2, -0.15) is 5.10 Å². The molecule has 0 spiro atoms. The van der Waals surface area contributed by atoms with Crippen molar-refractivity contribution in [1.82, 2.24) is 19.5 Å². The SMILES string of the molecule is COC(=O)c1cc(OC)c2c(C)c(-c3cc4cccc(OC)c4n3CC3CC3)nn2c1.O=C1CCCN1. The van der Waals surface area contributed by atoms with Crippen molar-refractivity contribution in [2.75, 3.05) is 27.9 Å². The van der Waals surface area contributed by atoms with Gasteiger partial charge in [-0.15, -0.1) is 0 Å². The van der Waals surface area contributed by atoms with E-state index in [9.17, 15) is 9.59 Å². The van der Waals surface area contributed by atoms with Crippen molar-refractivity contribution in [1.29, 1.82) is 0 Å². The highest BCUT2D eigenvalue weighted by Gasteiger charge is 2.27. The zero-order chi connectivity index (χ0) is 26.1. The molecule has 6 rings (SSSR count). The zero-order valence-electron chi connectivity index (χ0n) is 21.7. The summed E-state index contributed by atoms with van der Waals surface area (Å²) in [6.45, 7) is 3.85. The van der Waals surface area contributed by atoms with Crippen LogP contribution in [0.15, 0.2) is 36.5 Å². The Morgan fingerprint density at radius 1 is 1.11 bits per heavy atom. The molecule has 2 fully saturated rings. The second kappa shape index (κ2) is 10.2. The smallest absolute Gasteiger partial charge is 0.339 e. The molecule has 9 heteroatoms. The van der Waals surface area contributed by atoms with Gasteiger partial charge in [-0.3, -0.25) is 4.79 Å². The van der Waals surface area contributed by atoms with Gasteiger partial charge in [0, 0.05) is 36.7 Å². The summed E-state index contributed by atoms with van der Waals surface area (Å²) in [6, 6.07) is 9.98. The van der Waals surface area contributed by atoms with Crippen LogP contribution >= 0.6 is 0 Å². The molecule has 37 heavy (non-hydrogen) atoms. The van der Waals surface area contributed by atoms with E-state index in [2.05, 4.69) is 22.0 Å². The Balaban J connectivity index is 0.000000412. The number of amides is 1. The minimum Gasteiger partial charge on any atom is -0.495 e. The molecule has 1 aliphatic heterocycles. The molecule has 1 aliphatic carbocycles. The van der Waals surface area contributed by atoms with Crippen LogP contribution in [0.25, 0.3) is 27.8 Å². The third-order valence-electron chi connectivity index (χ3n) is 6.96. The third kappa shape index (κ3) is 4.73. The van der Waals surface area contributed by atoms with Crippen LogP contribution < -0.4 is 14.8 Å². The first-order valence-corrected chi connectivity index (χ1v) is 12.5. The molecule has 4 aromatic rings. The Kier molecular flexibility index (Phi) is 6.78. The first-order chi connectivity index (χ1) is 17.9. The van der Waals surface area contributed by atoms with Crippen molar-refractivity contribution >= 4 is 28.3 Å². The van der Waals surface area contributed by atoms with Gasteiger partial charge in [-0.25, -0.2) is 9.31 Å². The first-order valence-electron chi connectivity index (χ1n) is 12.5. The van der Waals surface area contributed by atoms with Crippen LogP contribution in [0.3, 0.4) is 0 Å². The summed E-state index contributed by atoms with van der Waals surface area (Å²) in [5.74, 6) is 1.90. The number of methoxy groups -OCH3 is 3. The largest absolute Gasteiger partial charge is 0.495 e. The Morgan fingerprint density at radius 2 is 1.89 bits per heavy atom. The fourth-order valence-electron chi connectivity index (χ4n) is 4.88. The van der Waals surface area contributed by atoms with Gasteiger partial charge in [0.25, 0.3) is 0 Å². The lowest BCUT2D eigenvalue weighted by atomic mass is 10.1. The summed E-state index contributed by atoms with van der Waals surface area (Å²) in [5, 5.41) is 8.67. The number of para-hydroxylation sites is 1. The average molecular weight is 505 g/mol. The molecule has 1 N–H and O–H groups in total. The Morgan fingerprint density at radius 3 is 2.49 bits per heavy atom. The number of esters is 1. The van der Waals surface area contributed by atoms with Crippen LogP contribution in [-0.4, -0.2) is 53.9 Å². The van der Waals surface area contributed by atoms with E-state index in [1.54, 1.807) is 31.0 Å². The number of nitrogens with one attached hydrogen (secondary N) is 1. The number of ether oxygens (including phenoxy) is 3. The molecule has 1 saturated carbocycles. The minimum atomic E-state index is -0.428. The molecule has 0 bridgehead atoms. The molecule has 1 saturated heterocycles. The minimum absolute atomic E-state index is 0.204. The van der Waals surface area contributed by atoms with Crippen molar-refractivity contribution in [2.45, 2.75) is 39.2 Å². The maximum Gasteiger partial charge on any atom is 0.339 e. The van der Waals surface area contributed by atoms with Gasteiger partial charge in [0.15, 0.2) is 0 Å². The molecule has 1 amide bonds. The normalized spacial score (nSPS) is 14.9. The predicted octanol–water partition coefficient (Wildman–Crippen LogP) is 4.37. The topological polar surface area (TPSA) is 96.1 Å². The van der Waals surface area contributed by atoms with Gasteiger partial charge >= 0.3 is 5.97 Å². The molecule has 1 aromatic carbocycles. The van der Waals surface area contributed by atoms with Crippen LogP contribution in [-0.2, 0) is 16.1 Å². The number of carbonyl (C=O) groups excluding carboxylic acids is 2. The average Bonchev–Trinajstić information content (AvgIpc) is 3.31. The Hall–Kier alpha value is -4.01. The number of carbonyl (C=O) groups is 2. The van der Waals surface area contributed by atoms with E-state index < -0.39 is 5.97 Å². The first kappa shape index (κ1) is 24.7. The predicted molar refractivity (Wildman–Crippen MR) is 140 cm³/mol. The molecule has 0 atom stereocenters. The highest BCUT2D eigenvalue weighted by atomic mass is 16.5. The van der Waals surface area contributed by atoms with E-state index in [1.165, 1.54) is 20.0 Å². The second-order valence-electron chi connectivity index (χ2n) is 9.49. The van der Waals surface area contributed by atoms with Gasteiger partial charge < -0.3 is 24.1 Å². The Labute approximate surface area is 215 Å². The van der Waals surface area contributed by atoms with Gasteiger partial charge in [-0.05, 0) is 50.3 Å². The number of hydrogen-bond donors (Lipinski definition) is 1. The van der Waals surface area contributed by atoms with E-state index in [1.807, 2.05) is 19.1 Å². The maximum absolute atomic E-state index is 12.1. The van der Waals surface area contributed by atoms with E-state index in [4.69, 9.17) is 19.3 Å². The maximum atomic E-state index is 12.1. The summed E-state index contributed by atoms with van der Waals surface area (Å²) >= 11 is 0. The van der Waals surface area contributed by atoms with Gasteiger partial charge in [0.05, 0.1) is 38.1 Å². The van der Waals surface area contributed by atoms with Gasteiger partial charge in [0.2, 0.25) is 5.91 Å². The summed E-state index contributed by atoms with van der Waals surface area (Å²) < 4.78 is 20.2. The van der Waals surface area contributed by atoms with E-state index in [0.717, 1.165) is 65.1 Å².